The second-order valence-electron chi connectivity index (χ2n) is 5.51. The number of piperidine rings is 1. The SMILES string of the molecule is CC1CC(N)CN(C(C)C(=O)NC2CC2)C1. The molecule has 2 fully saturated rings. The molecule has 4 nitrogen and oxygen atoms in total. The van der Waals surface area contributed by atoms with Crippen molar-refractivity contribution in [2.45, 2.75) is 51.2 Å². The van der Waals surface area contributed by atoms with E-state index in [1.165, 1.54) is 0 Å². The van der Waals surface area contributed by atoms with E-state index in [1.54, 1.807) is 0 Å². The number of rotatable bonds is 3. The van der Waals surface area contributed by atoms with Gasteiger partial charge in [0.15, 0.2) is 0 Å². The summed E-state index contributed by atoms with van der Waals surface area (Å²) >= 11 is 0. The Morgan fingerprint density at radius 3 is 2.69 bits per heavy atom. The van der Waals surface area contributed by atoms with Crippen LogP contribution in [0.15, 0.2) is 0 Å². The van der Waals surface area contributed by atoms with Gasteiger partial charge in [-0.2, -0.15) is 0 Å². The van der Waals surface area contributed by atoms with Crippen molar-refractivity contribution in [3.05, 3.63) is 0 Å². The number of hydrogen-bond donors (Lipinski definition) is 2. The second kappa shape index (κ2) is 4.72. The number of hydrogen-bond acceptors (Lipinski definition) is 3. The highest BCUT2D eigenvalue weighted by atomic mass is 16.2. The largest absolute Gasteiger partial charge is 0.352 e. The molecule has 0 spiro atoms. The Morgan fingerprint density at radius 2 is 2.12 bits per heavy atom. The highest BCUT2D eigenvalue weighted by molar-refractivity contribution is 5.81. The van der Waals surface area contributed by atoms with Crippen LogP contribution in [0.2, 0.25) is 0 Å². The Bertz CT molecular complexity index is 255. The molecule has 92 valence electrons. The molecule has 1 amide bonds. The second-order valence-corrected chi connectivity index (χ2v) is 5.51. The van der Waals surface area contributed by atoms with E-state index in [4.69, 9.17) is 5.73 Å². The molecule has 1 aliphatic carbocycles. The molecule has 1 heterocycles. The Balaban J connectivity index is 1.86. The summed E-state index contributed by atoms with van der Waals surface area (Å²) in [4.78, 5) is 14.1. The maximum absolute atomic E-state index is 11.9. The molecule has 3 atom stereocenters. The molecule has 0 aromatic heterocycles. The third-order valence-electron chi connectivity index (χ3n) is 3.57. The summed E-state index contributed by atoms with van der Waals surface area (Å²) in [5.74, 6) is 0.767. The molecule has 0 aromatic carbocycles. The van der Waals surface area contributed by atoms with Crippen LogP contribution in [-0.2, 0) is 4.79 Å². The van der Waals surface area contributed by atoms with E-state index in [0.717, 1.165) is 32.4 Å². The van der Waals surface area contributed by atoms with Crippen LogP contribution in [0, 0.1) is 5.92 Å². The first kappa shape index (κ1) is 11.9. The van der Waals surface area contributed by atoms with Gasteiger partial charge < -0.3 is 11.1 Å². The summed E-state index contributed by atoms with van der Waals surface area (Å²) in [6.07, 6.45) is 3.37. The zero-order chi connectivity index (χ0) is 11.7. The molecule has 3 N–H and O–H groups in total. The zero-order valence-corrected chi connectivity index (χ0v) is 10.3. The first-order valence-electron chi connectivity index (χ1n) is 6.36. The summed E-state index contributed by atoms with van der Waals surface area (Å²) in [5, 5.41) is 3.06. The lowest BCUT2D eigenvalue weighted by molar-refractivity contribution is -0.126. The van der Waals surface area contributed by atoms with Gasteiger partial charge in [-0.05, 0) is 32.1 Å². The van der Waals surface area contributed by atoms with Gasteiger partial charge in [0.05, 0.1) is 6.04 Å². The van der Waals surface area contributed by atoms with Crippen LogP contribution >= 0.6 is 0 Å². The van der Waals surface area contributed by atoms with Gasteiger partial charge in [-0.3, -0.25) is 9.69 Å². The van der Waals surface area contributed by atoms with Crippen molar-refractivity contribution < 1.29 is 4.79 Å². The lowest BCUT2D eigenvalue weighted by atomic mass is 9.95. The van der Waals surface area contributed by atoms with E-state index < -0.39 is 0 Å². The van der Waals surface area contributed by atoms with Crippen molar-refractivity contribution in [3.8, 4) is 0 Å². The summed E-state index contributed by atoms with van der Waals surface area (Å²) < 4.78 is 0. The quantitative estimate of drug-likeness (QED) is 0.727. The molecule has 2 aliphatic rings. The van der Waals surface area contributed by atoms with Crippen LogP contribution in [0.5, 0.6) is 0 Å². The summed E-state index contributed by atoms with van der Waals surface area (Å²) in [6.45, 7) is 6.04. The van der Waals surface area contributed by atoms with E-state index in [1.807, 2.05) is 6.92 Å². The molecule has 0 bridgehead atoms. The predicted molar refractivity (Wildman–Crippen MR) is 64.0 cm³/mol. The molecule has 0 aromatic rings. The van der Waals surface area contributed by atoms with Crippen molar-refractivity contribution >= 4 is 5.91 Å². The Hall–Kier alpha value is -0.610. The van der Waals surface area contributed by atoms with Crippen molar-refractivity contribution in [2.75, 3.05) is 13.1 Å². The lowest BCUT2D eigenvalue weighted by Gasteiger charge is -2.37. The average Bonchev–Trinajstić information content (AvgIpc) is 2.99. The molecule has 0 radical (unpaired) electrons. The molecule has 4 heteroatoms. The van der Waals surface area contributed by atoms with E-state index >= 15 is 0 Å². The maximum atomic E-state index is 11.9. The first-order valence-corrected chi connectivity index (χ1v) is 6.36. The van der Waals surface area contributed by atoms with Crippen LogP contribution in [0.4, 0.5) is 0 Å². The van der Waals surface area contributed by atoms with E-state index in [2.05, 4.69) is 17.1 Å². The van der Waals surface area contributed by atoms with Crippen LogP contribution in [0.1, 0.15) is 33.1 Å². The molecule has 1 aliphatic heterocycles. The monoisotopic (exact) mass is 225 g/mol. The normalized spacial score (nSPS) is 33.4. The zero-order valence-electron chi connectivity index (χ0n) is 10.3. The van der Waals surface area contributed by atoms with Gasteiger partial charge in [-0.1, -0.05) is 6.92 Å². The summed E-state index contributed by atoms with van der Waals surface area (Å²) in [7, 11) is 0. The van der Waals surface area contributed by atoms with Crippen LogP contribution < -0.4 is 11.1 Å². The molecule has 16 heavy (non-hydrogen) atoms. The Labute approximate surface area is 97.6 Å². The predicted octanol–water partition coefficient (Wildman–Crippen LogP) is 0.323. The molecule has 1 saturated carbocycles. The van der Waals surface area contributed by atoms with Crippen LogP contribution in [0.3, 0.4) is 0 Å². The van der Waals surface area contributed by atoms with Crippen molar-refractivity contribution in [1.82, 2.24) is 10.2 Å². The third-order valence-corrected chi connectivity index (χ3v) is 3.57. The fourth-order valence-corrected chi connectivity index (χ4v) is 2.47. The average molecular weight is 225 g/mol. The maximum Gasteiger partial charge on any atom is 0.237 e. The summed E-state index contributed by atoms with van der Waals surface area (Å²) in [6, 6.07) is 0.639. The number of nitrogens with zero attached hydrogens (tertiary/aromatic N) is 1. The number of nitrogens with two attached hydrogens (primary N) is 1. The van der Waals surface area contributed by atoms with Gasteiger partial charge in [0, 0.05) is 25.2 Å². The number of carbonyl (C=O) groups excluding carboxylic acids is 1. The minimum absolute atomic E-state index is 0.0330. The third kappa shape index (κ3) is 2.95. The standard InChI is InChI=1S/C12H23N3O/c1-8-5-10(13)7-15(6-8)9(2)12(16)14-11-3-4-11/h8-11H,3-7,13H2,1-2H3,(H,14,16). The van der Waals surface area contributed by atoms with Gasteiger partial charge >= 0.3 is 0 Å². The number of nitrogens with one attached hydrogen (secondary N) is 1. The fourth-order valence-electron chi connectivity index (χ4n) is 2.47. The van der Waals surface area contributed by atoms with Gasteiger partial charge in [0.25, 0.3) is 0 Å². The van der Waals surface area contributed by atoms with Crippen molar-refractivity contribution in [1.29, 1.82) is 0 Å². The van der Waals surface area contributed by atoms with Crippen LogP contribution in [-0.4, -0.2) is 42.0 Å². The molecule has 2 rings (SSSR count). The van der Waals surface area contributed by atoms with Crippen molar-refractivity contribution in [2.24, 2.45) is 11.7 Å². The van der Waals surface area contributed by atoms with Crippen LogP contribution in [0.25, 0.3) is 0 Å². The molecular weight excluding hydrogens is 202 g/mol. The van der Waals surface area contributed by atoms with E-state index in [-0.39, 0.29) is 18.0 Å². The minimum atomic E-state index is -0.0330. The van der Waals surface area contributed by atoms with Gasteiger partial charge in [0.1, 0.15) is 0 Å². The van der Waals surface area contributed by atoms with Crippen molar-refractivity contribution in [3.63, 3.8) is 0 Å². The smallest absolute Gasteiger partial charge is 0.237 e. The number of carbonyl (C=O) groups is 1. The van der Waals surface area contributed by atoms with Gasteiger partial charge in [0.2, 0.25) is 5.91 Å². The topological polar surface area (TPSA) is 58.4 Å². The highest BCUT2D eigenvalue weighted by Gasteiger charge is 2.31. The first-order chi connectivity index (χ1) is 7.56. The van der Waals surface area contributed by atoms with E-state index in [0.29, 0.717) is 12.0 Å². The fraction of sp³-hybridized carbons (Fsp3) is 0.917. The van der Waals surface area contributed by atoms with Gasteiger partial charge in [-0.25, -0.2) is 0 Å². The highest BCUT2D eigenvalue weighted by Crippen LogP contribution is 2.20. The Kier molecular flexibility index (Phi) is 3.50. The molecule has 1 saturated heterocycles. The molecular formula is C12H23N3O. The lowest BCUT2D eigenvalue weighted by Crippen LogP contribution is -2.54. The minimum Gasteiger partial charge on any atom is -0.352 e. The summed E-state index contributed by atoms with van der Waals surface area (Å²) in [5.41, 5.74) is 5.99. The number of amides is 1. The Morgan fingerprint density at radius 1 is 1.44 bits per heavy atom. The number of likely N-dealkylation sites (tertiary alicyclic amines) is 1. The van der Waals surface area contributed by atoms with E-state index in [9.17, 15) is 4.79 Å². The molecule has 3 unspecified atom stereocenters. The van der Waals surface area contributed by atoms with Gasteiger partial charge in [-0.15, -0.1) is 0 Å².